The summed E-state index contributed by atoms with van der Waals surface area (Å²) in [6, 6.07) is 0. The van der Waals surface area contributed by atoms with Crippen LogP contribution in [0.1, 0.15) is 6.42 Å². The van der Waals surface area contributed by atoms with Crippen LogP contribution in [0.15, 0.2) is 0 Å². The summed E-state index contributed by atoms with van der Waals surface area (Å²) in [4.78, 5) is 19.1. The molecule has 0 spiro atoms. The number of aliphatic hydroxyl groups excluding tert-OH is 1. The molecule has 0 aliphatic carbocycles. The van der Waals surface area contributed by atoms with Crippen LogP contribution in [0.25, 0.3) is 0 Å². The summed E-state index contributed by atoms with van der Waals surface area (Å²) in [5.41, 5.74) is 0. The van der Waals surface area contributed by atoms with Gasteiger partial charge in [-0.15, -0.1) is 0 Å². The number of rotatable bonds is 3. The van der Waals surface area contributed by atoms with E-state index in [2.05, 4.69) is 0 Å². The van der Waals surface area contributed by atoms with Crippen molar-refractivity contribution < 1.29 is 24.9 Å². The Bertz CT molecular complexity index is 134. The van der Waals surface area contributed by atoms with Crippen molar-refractivity contribution in [1.29, 1.82) is 0 Å². The number of aliphatic hydroxyl groups is 1. The minimum Gasteiger partial charge on any atom is -0.550 e. The fraction of sp³-hybridized carbons (Fsp3) is 0.500. The molecule has 1 atom stereocenters. The van der Waals surface area contributed by atoms with Gasteiger partial charge in [0, 0.05) is 12.4 Å². The normalized spacial score (nSPS) is 11.3. The molecule has 10 heavy (non-hydrogen) atoms. The summed E-state index contributed by atoms with van der Waals surface area (Å²) in [5, 5.41) is 27.3. The fourth-order valence-electron chi connectivity index (χ4n) is 0.241. The summed E-state index contributed by atoms with van der Waals surface area (Å²) in [5.74, 6) is -3.43. The second-order valence-electron chi connectivity index (χ2n) is 1.41. The van der Waals surface area contributed by atoms with E-state index >= 15 is 0 Å². The number of aliphatic carboxylic acids is 2. The predicted octanol–water partition coefficient (Wildman–Crippen LogP) is -4.14. The Hall–Kier alpha value is -0.334. The third kappa shape index (κ3) is 5.80. The summed E-state index contributed by atoms with van der Waals surface area (Å²) < 4.78 is 0. The van der Waals surface area contributed by atoms with Crippen LogP contribution >= 0.6 is 0 Å². The third-order valence-electron chi connectivity index (χ3n) is 0.632. The molecule has 1 N–H and O–H groups in total. The Kier molecular flexibility index (Phi) is 6.73. The van der Waals surface area contributed by atoms with Crippen molar-refractivity contribution in [2.24, 2.45) is 0 Å². The topological polar surface area (TPSA) is 100 Å². The Morgan fingerprint density at radius 1 is 1.40 bits per heavy atom. The van der Waals surface area contributed by atoms with Crippen LogP contribution in [-0.2, 0) is 9.59 Å². The molecule has 0 radical (unpaired) electrons. The van der Waals surface area contributed by atoms with Gasteiger partial charge in [0.2, 0.25) is 0 Å². The van der Waals surface area contributed by atoms with Gasteiger partial charge in [0.1, 0.15) is 0 Å². The van der Waals surface area contributed by atoms with Crippen LogP contribution in [0.4, 0.5) is 0 Å². The monoisotopic (exact) mass is 156 g/mol. The molecule has 0 saturated heterocycles. The standard InChI is InChI=1S/C4H6O5.Mg/c5-2(4(8)9)1-3(6)7;/h2,5H,1H2,(H,6,7)(H,8,9);/q;+2/p-2/t2-;/m1./s1. The molecule has 5 nitrogen and oxygen atoms in total. The molecule has 0 rings (SSSR count). The second kappa shape index (κ2) is 5.45. The number of carboxylic acids is 2. The van der Waals surface area contributed by atoms with E-state index < -0.39 is 24.5 Å². The molecular formula is C4H4MgO5. The first-order valence-corrected chi connectivity index (χ1v) is 2.13. The molecule has 0 aromatic rings. The van der Waals surface area contributed by atoms with Crippen LogP contribution < -0.4 is 10.2 Å². The number of hydrogen-bond donors (Lipinski definition) is 1. The summed E-state index contributed by atoms with van der Waals surface area (Å²) >= 11 is 0. The first kappa shape index (κ1) is 12.4. The van der Waals surface area contributed by atoms with E-state index in [-0.39, 0.29) is 23.1 Å². The molecule has 0 aromatic carbocycles. The van der Waals surface area contributed by atoms with E-state index in [1.54, 1.807) is 0 Å². The van der Waals surface area contributed by atoms with Crippen molar-refractivity contribution in [2.75, 3.05) is 0 Å². The van der Waals surface area contributed by atoms with E-state index in [0.717, 1.165) is 0 Å². The Labute approximate surface area is 72.8 Å². The van der Waals surface area contributed by atoms with Gasteiger partial charge in [0.25, 0.3) is 0 Å². The van der Waals surface area contributed by atoms with Gasteiger partial charge in [0.15, 0.2) is 0 Å². The van der Waals surface area contributed by atoms with E-state index in [9.17, 15) is 19.8 Å². The van der Waals surface area contributed by atoms with E-state index in [1.807, 2.05) is 0 Å². The van der Waals surface area contributed by atoms with E-state index in [1.165, 1.54) is 0 Å². The van der Waals surface area contributed by atoms with Gasteiger partial charge in [-0.3, -0.25) is 0 Å². The number of carboxylic acid groups (broad SMARTS) is 2. The quantitative estimate of drug-likeness (QED) is 0.418. The Morgan fingerprint density at radius 3 is 1.90 bits per heavy atom. The first-order valence-electron chi connectivity index (χ1n) is 2.13. The molecule has 0 heterocycles. The number of carbonyl (C=O) groups is 2. The number of carbonyl (C=O) groups excluding carboxylic acids is 2. The Morgan fingerprint density at radius 2 is 1.80 bits per heavy atom. The molecule has 0 amide bonds. The van der Waals surface area contributed by atoms with Crippen molar-refractivity contribution in [3.8, 4) is 0 Å². The molecule has 0 unspecified atom stereocenters. The van der Waals surface area contributed by atoms with Crippen LogP contribution in [0.2, 0.25) is 0 Å². The van der Waals surface area contributed by atoms with Gasteiger partial charge in [-0.1, -0.05) is 0 Å². The van der Waals surface area contributed by atoms with Gasteiger partial charge in [-0.05, 0) is 0 Å². The van der Waals surface area contributed by atoms with E-state index in [4.69, 9.17) is 5.11 Å². The van der Waals surface area contributed by atoms with Crippen LogP contribution in [-0.4, -0.2) is 46.2 Å². The Balaban J connectivity index is 0. The van der Waals surface area contributed by atoms with E-state index in [0.29, 0.717) is 0 Å². The molecule has 0 fully saturated rings. The van der Waals surface area contributed by atoms with Gasteiger partial charge in [-0.25, -0.2) is 0 Å². The molecule has 0 saturated carbocycles. The maximum absolute atomic E-state index is 9.58. The molecule has 6 heteroatoms. The second-order valence-corrected chi connectivity index (χ2v) is 1.41. The molecule has 0 aliphatic rings. The average Bonchev–Trinajstić information content (AvgIpc) is 1.63. The van der Waals surface area contributed by atoms with Crippen molar-refractivity contribution in [1.82, 2.24) is 0 Å². The third-order valence-corrected chi connectivity index (χ3v) is 0.632. The van der Waals surface area contributed by atoms with Crippen LogP contribution in [0.5, 0.6) is 0 Å². The van der Waals surface area contributed by atoms with Crippen molar-refractivity contribution in [3.63, 3.8) is 0 Å². The fourth-order valence-corrected chi connectivity index (χ4v) is 0.241. The molecule has 0 bridgehead atoms. The molecular weight excluding hydrogens is 152 g/mol. The largest absolute Gasteiger partial charge is 2.00 e. The maximum atomic E-state index is 9.58. The average molecular weight is 156 g/mol. The summed E-state index contributed by atoms with van der Waals surface area (Å²) in [7, 11) is 0. The van der Waals surface area contributed by atoms with Gasteiger partial charge in [-0.2, -0.15) is 0 Å². The SMILES string of the molecule is O=C([O-])C[C@@H](O)C(=O)[O-].[Mg+2]. The van der Waals surface area contributed by atoms with Crippen molar-refractivity contribution >= 4 is 35.0 Å². The minimum absolute atomic E-state index is 0. The van der Waals surface area contributed by atoms with Crippen molar-refractivity contribution in [3.05, 3.63) is 0 Å². The zero-order valence-electron chi connectivity index (χ0n) is 5.07. The van der Waals surface area contributed by atoms with Crippen molar-refractivity contribution in [2.45, 2.75) is 12.5 Å². The maximum Gasteiger partial charge on any atom is 2.00 e. The summed E-state index contributed by atoms with van der Waals surface area (Å²) in [6.07, 6.45) is -2.89. The first-order chi connectivity index (χ1) is 4.04. The summed E-state index contributed by atoms with van der Waals surface area (Å²) in [6.45, 7) is 0. The molecule has 0 aromatic heterocycles. The zero-order chi connectivity index (χ0) is 7.44. The molecule has 0 aliphatic heterocycles. The minimum atomic E-state index is -1.96. The zero-order valence-corrected chi connectivity index (χ0v) is 6.49. The van der Waals surface area contributed by atoms with Gasteiger partial charge in [0.05, 0.1) is 12.1 Å². The smallest absolute Gasteiger partial charge is 0.550 e. The van der Waals surface area contributed by atoms with Gasteiger partial charge < -0.3 is 24.9 Å². The van der Waals surface area contributed by atoms with Gasteiger partial charge >= 0.3 is 23.1 Å². The predicted molar refractivity (Wildman–Crippen MR) is 26.4 cm³/mol. The number of hydrogen-bond acceptors (Lipinski definition) is 5. The van der Waals surface area contributed by atoms with Crippen LogP contribution in [0, 0.1) is 0 Å². The van der Waals surface area contributed by atoms with Crippen LogP contribution in [0.3, 0.4) is 0 Å². The molecule has 52 valence electrons.